The number of hydrogen-bond acceptors (Lipinski definition) is 3. The topological polar surface area (TPSA) is 37.3 Å². The molecule has 0 saturated heterocycles. The van der Waals surface area contributed by atoms with Crippen molar-refractivity contribution in [3.8, 4) is 0 Å². The van der Waals surface area contributed by atoms with Crippen LogP contribution in [0.4, 0.5) is 5.69 Å². The monoisotopic (exact) mass is 299 g/mol. The van der Waals surface area contributed by atoms with Crippen molar-refractivity contribution in [1.82, 2.24) is 4.98 Å². The van der Waals surface area contributed by atoms with Gasteiger partial charge in [-0.1, -0.05) is 34.8 Å². The Balaban J connectivity index is 2.14. The van der Waals surface area contributed by atoms with E-state index in [0.29, 0.717) is 20.8 Å². The first kappa shape index (κ1) is 13.1. The van der Waals surface area contributed by atoms with Crippen molar-refractivity contribution in [3.63, 3.8) is 0 Å². The summed E-state index contributed by atoms with van der Waals surface area (Å²) in [5, 5.41) is 5.36. The summed E-state index contributed by atoms with van der Waals surface area (Å²) in [6, 6.07) is 6.85. The maximum Gasteiger partial charge on any atom is 0.0935 e. The van der Waals surface area contributed by atoms with Gasteiger partial charge in [0.25, 0.3) is 0 Å². The number of pyridine rings is 1. The lowest BCUT2D eigenvalue weighted by molar-refractivity contribution is 1.31. The molecule has 1 N–H and O–H groups in total. The molecular weight excluding hydrogens is 293 g/mol. The molecule has 0 unspecified atom stereocenters. The fraction of sp³-hybridized carbons (Fsp3) is 0. The van der Waals surface area contributed by atoms with Crippen LogP contribution in [0.1, 0.15) is 5.56 Å². The van der Waals surface area contributed by atoms with Crippen LogP contribution in [-0.2, 0) is 0 Å². The first-order chi connectivity index (χ1) is 8.66. The average molecular weight is 301 g/mol. The molecule has 6 heteroatoms. The lowest BCUT2D eigenvalue weighted by atomic mass is 10.3. The van der Waals surface area contributed by atoms with Gasteiger partial charge in [0, 0.05) is 17.4 Å². The molecule has 0 fully saturated rings. The molecule has 0 spiro atoms. The number of aromatic nitrogens is 1. The molecule has 0 bridgehead atoms. The lowest BCUT2D eigenvalue weighted by Crippen LogP contribution is -1.92. The number of hydrogen-bond donors (Lipinski definition) is 1. The number of halogens is 3. The van der Waals surface area contributed by atoms with E-state index in [1.807, 2.05) is 12.1 Å². The molecule has 1 aromatic carbocycles. The number of anilines is 1. The summed E-state index contributed by atoms with van der Waals surface area (Å²) in [6.07, 6.45) is 5.01. The third-order valence-corrected chi connectivity index (χ3v) is 2.92. The molecule has 2 aromatic rings. The van der Waals surface area contributed by atoms with Gasteiger partial charge in [0.15, 0.2) is 0 Å². The minimum Gasteiger partial charge on any atom is -0.275 e. The maximum absolute atomic E-state index is 6.00. The first-order valence-electron chi connectivity index (χ1n) is 5.00. The summed E-state index contributed by atoms with van der Waals surface area (Å²) in [7, 11) is 0. The maximum atomic E-state index is 6.00. The van der Waals surface area contributed by atoms with Gasteiger partial charge < -0.3 is 0 Å². The number of nitrogens with zero attached hydrogens (tertiary/aromatic N) is 2. The summed E-state index contributed by atoms with van der Waals surface area (Å²) in [6.45, 7) is 0. The van der Waals surface area contributed by atoms with Crippen molar-refractivity contribution >= 4 is 46.7 Å². The van der Waals surface area contributed by atoms with Gasteiger partial charge in [-0.2, -0.15) is 5.10 Å². The zero-order chi connectivity index (χ0) is 13.0. The van der Waals surface area contributed by atoms with E-state index in [9.17, 15) is 0 Å². The molecule has 3 nitrogen and oxygen atoms in total. The fourth-order valence-electron chi connectivity index (χ4n) is 1.27. The van der Waals surface area contributed by atoms with Gasteiger partial charge >= 0.3 is 0 Å². The van der Waals surface area contributed by atoms with Crippen molar-refractivity contribution in [2.75, 3.05) is 5.43 Å². The Hall–Kier alpha value is -1.29. The van der Waals surface area contributed by atoms with Crippen LogP contribution in [0.25, 0.3) is 0 Å². The van der Waals surface area contributed by atoms with Crippen LogP contribution < -0.4 is 5.43 Å². The van der Waals surface area contributed by atoms with Gasteiger partial charge in [-0.3, -0.25) is 10.4 Å². The molecule has 0 amide bonds. The smallest absolute Gasteiger partial charge is 0.0935 e. The summed E-state index contributed by atoms with van der Waals surface area (Å²) in [5.41, 5.74) is 4.22. The molecule has 0 atom stereocenters. The number of nitrogens with one attached hydrogen (secondary N) is 1. The van der Waals surface area contributed by atoms with Crippen LogP contribution in [0.3, 0.4) is 0 Å². The molecule has 18 heavy (non-hydrogen) atoms. The molecule has 0 radical (unpaired) electrons. The highest BCUT2D eigenvalue weighted by atomic mass is 35.5. The van der Waals surface area contributed by atoms with Crippen LogP contribution in [-0.4, -0.2) is 11.2 Å². The third kappa shape index (κ3) is 3.35. The van der Waals surface area contributed by atoms with Crippen LogP contribution in [0, 0.1) is 0 Å². The Morgan fingerprint density at radius 1 is 1.06 bits per heavy atom. The zero-order valence-corrected chi connectivity index (χ0v) is 11.3. The Kier molecular flexibility index (Phi) is 4.42. The minimum atomic E-state index is 0.416. The second-order valence-electron chi connectivity index (χ2n) is 3.39. The van der Waals surface area contributed by atoms with Gasteiger partial charge in [-0.25, -0.2) is 0 Å². The number of rotatable bonds is 3. The van der Waals surface area contributed by atoms with Gasteiger partial charge in [-0.15, -0.1) is 0 Å². The standard InChI is InChI=1S/C12H8Cl3N3/c13-9-5-10(14)12(11(15)6-9)18-17-7-8-1-3-16-4-2-8/h1-7,18H/b17-7+. The van der Waals surface area contributed by atoms with Crippen molar-refractivity contribution in [1.29, 1.82) is 0 Å². The van der Waals surface area contributed by atoms with Crippen LogP contribution in [0.2, 0.25) is 15.1 Å². The first-order valence-corrected chi connectivity index (χ1v) is 6.14. The Morgan fingerprint density at radius 3 is 2.28 bits per heavy atom. The molecule has 1 aromatic heterocycles. The summed E-state index contributed by atoms with van der Waals surface area (Å²) in [5.74, 6) is 0. The van der Waals surface area contributed by atoms with E-state index in [1.165, 1.54) is 0 Å². The summed E-state index contributed by atoms with van der Waals surface area (Å²) < 4.78 is 0. The predicted octanol–water partition coefficient (Wildman–Crippen LogP) is 4.49. The highest BCUT2D eigenvalue weighted by Gasteiger charge is 2.06. The van der Waals surface area contributed by atoms with Gasteiger partial charge in [0.05, 0.1) is 21.9 Å². The molecule has 1 heterocycles. The van der Waals surface area contributed by atoms with Crippen molar-refractivity contribution in [2.24, 2.45) is 5.10 Å². The van der Waals surface area contributed by atoms with Crippen molar-refractivity contribution in [3.05, 3.63) is 57.3 Å². The Morgan fingerprint density at radius 2 is 1.67 bits per heavy atom. The fourth-order valence-corrected chi connectivity index (χ4v) is 2.17. The number of benzene rings is 1. The Bertz CT molecular complexity index is 547. The molecule has 92 valence electrons. The summed E-state index contributed by atoms with van der Waals surface area (Å²) in [4.78, 5) is 3.91. The van der Waals surface area contributed by atoms with Crippen molar-refractivity contribution < 1.29 is 0 Å². The highest BCUT2D eigenvalue weighted by Crippen LogP contribution is 2.33. The summed E-state index contributed by atoms with van der Waals surface area (Å²) >= 11 is 17.8. The third-order valence-electron chi connectivity index (χ3n) is 2.10. The molecule has 0 aliphatic rings. The normalized spacial score (nSPS) is 10.8. The second-order valence-corrected chi connectivity index (χ2v) is 4.65. The minimum absolute atomic E-state index is 0.416. The second kappa shape index (κ2) is 6.05. The van der Waals surface area contributed by atoms with Gasteiger partial charge in [0.1, 0.15) is 0 Å². The molecular formula is C12H8Cl3N3. The van der Waals surface area contributed by atoms with Crippen molar-refractivity contribution in [2.45, 2.75) is 0 Å². The number of hydrazone groups is 1. The Labute approximate surface area is 119 Å². The average Bonchev–Trinajstić information content (AvgIpc) is 2.34. The predicted molar refractivity (Wildman–Crippen MR) is 76.9 cm³/mol. The highest BCUT2D eigenvalue weighted by molar-refractivity contribution is 6.41. The largest absolute Gasteiger partial charge is 0.275 e. The van der Waals surface area contributed by atoms with Gasteiger partial charge in [0.2, 0.25) is 0 Å². The van der Waals surface area contributed by atoms with E-state index in [1.54, 1.807) is 30.7 Å². The van der Waals surface area contributed by atoms with E-state index >= 15 is 0 Å². The quantitative estimate of drug-likeness (QED) is 0.670. The van der Waals surface area contributed by atoms with Crippen LogP contribution in [0.5, 0.6) is 0 Å². The molecule has 0 saturated carbocycles. The van der Waals surface area contributed by atoms with E-state index in [2.05, 4.69) is 15.5 Å². The molecule has 2 rings (SSSR count). The SMILES string of the molecule is Clc1cc(Cl)c(N/N=C/c2ccncc2)c(Cl)c1. The van der Waals surface area contributed by atoms with E-state index in [4.69, 9.17) is 34.8 Å². The van der Waals surface area contributed by atoms with E-state index < -0.39 is 0 Å². The van der Waals surface area contributed by atoms with Crippen LogP contribution in [0.15, 0.2) is 41.8 Å². The van der Waals surface area contributed by atoms with E-state index in [0.717, 1.165) is 5.56 Å². The van der Waals surface area contributed by atoms with Crippen LogP contribution >= 0.6 is 34.8 Å². The molecule has 0 aliphatic heterocycles. The van der Waals surface area contributed by atoms with E-state index in [-0.39, 0.29) is 0 Å². The lowest BCUT2D eigenvalue weighted by Gasteiger charge is -2.06. The van der Waals surface area contributed by atoms with Gasteiger partial charge in [-0.05, 0) is 29.8 Å². The zero-order valence-electron chi connectivity index (χ0n) is 9.07. The molecule has 0 aliphatic carbocycles.